The fraction of sp³-hybridized carbons (Fsp3) is 0.650. The number of amides is 1. The van der Waals surface area contributed by atoms with Crippen LogP contribution in [0.1, 0.15) is 38.2 Å². The molecule has 0 radical (unpaired) electrons. The van der Waals surface area contributed by atoms with Crippen molar-refractivity contribution in [3.63, 3.8) is 0 Å². The molecule has 1 aromatic rings. The molecule has 7 nitrogen and oxygen atoms in total. The largest absolute Gasteiger partial charge is 0.308 e. The summed E-state index contributed by atoms with van der Waals surface area (Å²) in [5.74, 6) is 0.0999. The minimum absolute atomic E-state index is 0.0258. The predicted molar refractivity (Wildman–Crippen MR) is 109 cm³/mol. The maximum Gasteiger partial charge on any atom is 0.241 e. The van der Waals surface area contributed by atoms with Gasteiger partial charge in [-0.15, -0.1) is 0 Å². The molecule has 28 heavy (non-hydrogen) atoms. The Balaban J connectivity index is 1.46. The number of hydrogen-bond donors (Lipinski definition) is 1. The highest BCUT2D eigenvalue weighted by Gasteiger charge is 2.35. The highest BCUT2D eigenvalue weighted by molar-refractivity contribution is 7.89. The molecule has 3 heterocycles. The Bertz CT molecular complexity index is 851. The van der Waals surface area contributed by atoms with Crippen molar-refractivity contribution >= 4 is 21.6 Å². The van der Waals surface area contributed by atoms with Gasteiger partial charge in [-0.1, -0.05) is 0 Å². The minimum atomic E-state index is -3.73. The topological polar surface area (TPSA) is 86.9 Å². The number of hydrogen-bond acceptors (Lipinski definition) is 5. The number of anilines is 1. The van der Waals surface area contributed by atoms with Crippen LogP contribution in [0.4, 0.5) is 5.69 Å². The zero-order valence-electron chi connectivity index (χ0n) is 16.5. The summed E-state index contributed by atoms with van der Waals surface area (Å²) in [7, 11) is -3.73. The molecule has 2 fully saturated rings. The third kappa shape index (κ3) is 3.96. The highest BCUT2D eigenvalue weighted by atomic mass is 32.2. The SMILES string of the molecule is CC1Cc2cc(S(N)(=O)=O)ccc2N1C(=O)CN1CCCC1CN1CCCC1. The van der Waals surface area contributed by atoms with Crippen molar-refractivity contribution in [2.45, 2.75) is 56.0 Å². The average molecular weight is 407 g/mol. The monoisotopic (exact) mass is 406 g/mol. The summed E-state index contributed by atoms with van der Waals surface area (Å²) >= 11 is 0. The molecule has 2 N–H and O–H groups in total. The second kappa shape index (κ2) is 7.74. The van der Waals surface area contributed by atoms with Crippen LogP contribution in [0, 0.1) is 0 Å². The van der Waals surface area contributed by atoms with E-state index in [2.05, 4.69) is 9.80 Å². The van der Waals surface area contributed by atoms with Gasteiger partial charge in [0.2, 0.25) is 15.9 Å². The summed E-state index contributed by atoms with van der Waals surface area (Å²) in [6.07, 6.45) is 5.54. The maximum atomic E-state index is 13.2. The van der Waals surface area contributed by atoms with Gasteiger partial charge >= 0.3 is 0 Å². The molecule has 8 heteroatoms. The molecule has 0 bridgehead atoms. The van der Waals surface area contributed by atoms with Crippen LogP contribution in [0.25, 0.3) is 0 Å². The fourth-order valence-electron chi connectivity index (χ4n) is 4.99. The van der Waals surface area contributed by atoms with E-state index in [1.54, 1.807) is 12.1 Å². The van der Waals surface area contributed by atoms with Crippen molar-refractivity contribution in [3.05, 3.63) is 23.8 Å². The van der Waals surface area contributed by atoms with Gasteiger partial charge < -0.3 is 9.80 Å². The first-order valence-corrected chi connectivity index (χ1v) is 11.8. The molecule has 0 aromatic heterocycles. The van der Waals surface area contributed by atoms with Crippen LogP contribution in [-0.4, -0.2) is 68.9 Å². The number of primary sulfonamides is 1. The normalized spacial score (nSPS) is 26.1. The van der Waals surface area contributed by atoms with Crippen LogP contribution in [0.2, 0.25) is 0 Å². The zero-order chi connectivity index (χ0) is 19.9. The molecule has 0 spiro atoms. The molecule has 2 saturated heterocycles. The second-order valence-electron chi connectivity index (χ2n) is 8.43. The van der Waals surface area contributed by atoms with Gasteiger partial charge in [0.25, 0.3) is 0 Å². The summed E-state index contributed by atoms with van der Waals surface area (Å²) in [5.41, 5.74) is 1.70. The Kier molecular flexibility index (Phi) is 5.48. The number of nitrogens with zero attached hydrogens (tertiary/aromatic N) is 3. The van der Waals surface area contributed by atoms with E-state index >= 15 is 0 Å². The van der Waals surface area contributed by atoms with E-state index in [4.69, 9.17) is 5.14 Å². The standard InChI is InChI=1S/C20H30N4O3S/c1-15-11-16-12-18(28(21,26)27)6-7-19(16)24(15)20(25)14-23-10-4-5-17(23)13-22-8-2-3-9-22/h6-7,12,15,17H,2-5,8-11,13-14H2,1H3,(H2,21,26,27). The third-order valence-corrected chi connectivity index (χ3v) is 7.28. The van der Waals surface area contributed by atoms with E-state index < -0.39 is 10.0 Å². The molecule has 2 unspecified atom stereocenters. The lowest BCUT2D eigenvalue weighted by molar-refractivity contribution is -0.120. The summed E-state index contributed by atoms with van der Waals surface area (Å²) < 4.78 is 23.2. The lowest BCUT2D eigenvalue weighted by Gasteiger charge is -2.30. The van der Waals surface area contributed by atoms with Gasteiger partial charge in [0.15, 0.2) is 0 Å². The van der Waals surface area contributed by atoms with E-state index in [-0.39, 0.29) is 16.8 Å². The van der Waals surface area contributed by atoms with Crippen molar-refractivity contribution in [2.24, 2.45) is 5.14 Å². The lowest BCUT2D eigenvalue weighted by Crippen LogP contribution is -2.47. The van der Waals surface area contributed by atoms with Crippen molar-refractivity contribution < 1.29 is 13.2 Å². The molecule has 4 rings (SSSR count). The van der Waals surface area contributed by atoms with Crippen LogP contribution >= 0.6 is 0 Å². The van der Waals surface area contributed by atoms with E-state index in [0.29, 0.717) is 19.0 Å². The van der Waals surface area contributed by atoms with Gasteiger partial charge in [0.1, 0.15) is 0 Å². The molecule has 154 valence electrons. The van der Waals surface area contributed by atoms with Crippen molar-refractivity contribution in [3.8, 4) is 0 Å². The molecular weight excluding hydrogens is 376 g/mol. The van der Waals surface area contributed by atoms with Crippen molar-refractivity contribution in [1.82, 2.24) is 9.80 Å². The molecule has 2 atom stereocenters. The van der Waals surface area contributed by atoms with Crippen LogP contribution in [0.3, 0.4) is 0 Å². The number of carbonyl (C=O) groups is 1. The molecule has 1 amide bonds. The number of fused-ring (bicyclic) bond motifs is 1. The number of likely N-dealkylation sites (tertiary alicyclic amines) is 2. The van der Waals surface area contributed by atoms with E-state index in [0.717, 1.165) is 37.2 Å². The number of rotatable bonds is 5. The van der Waals surface area contributed by atoms with E-state index in [1.165, 1.54) is 32.0 Å². The fourth-order valence-corrected chi connectivity index (χ4v) is 5.55. The Labute approximate surface area is 167 Å². The Morgan fingerprint density at radius 3 is 2.64 bits per heavy atom. The molecular formula is C20H30N4O3S. The maximum absolute atomic E-state index is 13.2. The van der Waals surface area contributed by atoms with Gasteiger partial charge in [-0.3, -0.25) is 9.69 Å². The first kappa shape index (κ1) is 19.8. The van der Waals surface area contributed by atoms with Gasteiger partial charge in [-0.05, 0) is 82.4 Å². The summed E-state index contributed by atoms with van der Waals surface area (Å²) in [5, 5.41) is 5.25. The highest BCUT2D eigenvalue weighted by Crippen LogP contribution is 2.34. The predicted octanol–water partition coefficient (Wildman–Crippen LogP) is 1.17. The zero-order valence-corrected chi connectivity index (χ0v) is 17.3. The quantitative estimate of drug-likeness (QED) is 0.793. The molecule has 3 aliphatic rings. The molecule has 0 saturated carbocycles. The first-order chi connectivity index (χ1) is 13.3. The van der Waals surface area contributed by atoms with E-state index in [9.17, 15) is 13.2 Å². The van der Waals surface area contributed by atoms with Crippen molar-refractivity contribution in [2.75, 3.05) is 37.6 Å². The summed E-state index contributed by atoms with van der Waals surface area (Å²) in [6.45, 7) is 6.85. The Hall–Kier alpha value is -1.48. The Morgan fingerprint density at radius 2 is 1.93 bits per heavy atom. The second-order valence-corrected chi connectivity index (χ2v) is 9.99. The van der Waals surface area contributed by atoms with Crippen LogP contribution in [0.5, 0.6) is 0 Å². The molecule has 0 aliphatic carbocycles. The lowest BCUT2D eigenvalue weighted by atomic mass is 10.1. The number of sulfonamides is 1. The van der Waals surface area contributed by atoms with Crippen LogP contribution in [-0.2, 0) is 21.2 Å². The Morgan fingerprint density at radius 1 is 1.18 bits per heavy atom. The van der Waals surface area contributed by atoms with Gasteiger partial charge in [-0.2, -0.15) is 0 Å². The minimum Gasteiger partial charge on any atom is -0.308 e. The van der Waals surface area contributed by atoms with Crippen LogP contribution < -0.4 is 10.0 Å². The van der Waals surface area contributed by atoms with Crippen molar-refractivity contribution in [1.29, 1.82) is 0 Å². The third-order valence-electron chi connectivity index (χ3n) is 6.37. The first-order valence-electron chi connectivity index (χ1n) is 10.3. The summed E-state index contributed by atoms with van der Waals surface area (Å²) in [6, 6.07) is 5.32. The van der Waals surface area contributed by atoms with Gasteiger partial charge in [0.05, 0.1) is 11.4 Å². The molecule has 1 aromatic carbocycles. The molecule has 3 aliphatic heterocycles. The number of benzene rings is 1. The average Bonchev–Trinajstić information content (AvgIpc) is 3.34. The number of carbonyl (C=O) groups excluding carboxylic acids is 1. The van der Waals surface area contributed by atoms with Gasteiger partial charge in [0, 0.05) is 24.3 Å². The summed E-state index contributed by atoms with van der Waals surface area (Å²) in [4.78, 5) is 20.0. The smallest absolute Gasteiger partial charge is 0.241 e. The van der Waals surface area contributed by atoms with Gasteiger partial charge in [-0.25, -0.2) is 13.6 Å². The number of nitrogens with two attached hydrogens (primary N) is 1. The van der Waals surface area contributed by atoms with E-state index in [1.807, 2.05) is 11.8 Å². The van der Waals surface area contributed by atoms with Crippen LogP contribution in [0.15, 0.2) is 23.1 Å².